The van der Waals surface area contributed by atoms with E-state index in [2.05, 4.69) is 36.9 Å². The molecule has 0 bridgehead atoms. The third-order valence-electron chi connectivity index (χ3n) is 5.04. The van der Waals surface area contributed by atoms with Crippen molar-refractivity contribution in [1.29, 1.82) is 0 Å². The molecule has 1 aliphatic rings. The minimum Gasteiger partial charge on any atom is -0.314 e. The predicted octanol–water partition coefficient (Wildman–Crippen LogP) is 4.50. The number of aryl methyl sites for hydroxylation is 1. The number of sulfonamides is 1. The van der Waals surface area contributed by atoms with E-state index in [0.717, 1.165) is 31.4 Å². The summed E-state index contributed by atoms with van der Waals surface area (Å²) in [4.78, 5) is 0.298. The van der Waals surface area contributed by atoms with Gasteiger partial charge in [0, 0.05) is 11.7 Å². The Morgan fingerprint density at radius 2 is 1.78 bits per heavy atom. The van der Waals surface area contributed by atoms with Crippen LogP contribution in [-0.4, -0.2) is 21.0 Å². The fraction of sp³-hybridized carbons (Fsp3) is 0.429. The second kappa shape index (κ2) is 9.09. The third kappa shape index (κ3) is 5.24. The molecular weight excluding hydrogens is 380 g/mol. The number of hydrogen-bond acceptors (Lipinski definition) is 3. The van der Waals surface area contributed by atoms with Crippen LogP contribution >= 0.6 is 12.4 Å². The highest BCUT2D eigenvalue weighted by Gasteiger charge is 2.20. The lowest BCUT2D eigenvalue weighted by Gasteiger charge is -2.25. The molecule has 148 valence electrons. The van der Waals surface area contributed by atoms with Gasteiger partial charge in [-0.3, -0.25) is 4.72 Å². The van der Waals surface area contributed by atoms with E-state index in [1.54, 1.807) is 12.1 Å². The predicted molar refractivity (Wildman–Crippen MR) is 115 cm³/mol. The summed E-state index contributed by atoms with van der Waals surface area (Å²) in [5, 5.41) is 3.50. The first-order valence-electron chi connectivity index (χ1n) is 9.37. The van der Waals surface area contributed by atoms with Crippen LogP contribution in [0.3, 0.4) is 0 Å². The van der Waals surface area contributed by atoms with E-state index in [1.165, 1.54) is 11.1 Å². The van der Waals surface area contributed by atoms with Crippen molar-refractivity contribution >= 4 is 28.1 Å². The van der Waals surface area contributed by atoms with E-state index < -0.39 is 10.0 Å². The minimum absolute atomic E-state index is 0. The molecule has 0 heterocycles. The highest BCUT2D eigenvalue weighted by molar-refractivity contribution is 7.92. The van der Waals surface area contributed by atoms with E-state index in [4.69, 9.17) is 0 Å². The molecule has 4 nitrogen and oxygen atoms in total. The number of halogens is 1. The fourth-order valence-corrected chi connectivity index (χ4v) is 4.58. The first-order chi connectivity index (χ1) is 12.4. The maximum atomic E-state index is 12.7. The molecule has 2 N–H and O–H groups in total. The number of likely N-dealkylation sites (N-methyl/N-ethyl adjacent to an activating group) is 1. The number of hydrogen-bond donors (Lipinski definition) is 2. The normalized spacial score (nSPS) is 16.5. The SMILES string of the molecule is CCN[C@H]1CCc2cc(NS(=O)(=O)c3ccc(C(C)C)cc3)ccc2C1.Cl. The van der Waals surface area contributed by atoms with Crippen molar-refractivity contribution in [2.24, 2.45) is 0 Å². The van der Waals surface area contributed by atoms with Crippen molar-refractivity contribution < 1.29 is 8.42 Å². The van der Waals surface area contributed by atoms with Gasteiger partial charge in [0.25, 0.3) is 10.0 Å². The molecule has 0 spiro atoms. The average molecular weight is 409 g/mol. The van der Waals surface area contributed by atoms with Gasteiger partial charge < -0.3 is 5.32 Å². The lowest BCUT2D eigenvalue weighted by molar-refractivity contribution is 0.471. The summed E-state index contributed by atoms with van der Waals surface area (Å²) >= 11 is 0. The van der Waals surface area contributed by atoms with Gasteiger partial charge in [-0.1, -0.05) is 39.0 Å². The topological polar surface area (TPSA) is 58.2 Å². The zero-order valence-corrected chi connectivity index (χ0v) is 17.8. The van der Waals surface area contributed by atoms with Crippen LogP contribution in [0.5, 0.6) is 0 Å². The molecule has 3 rings (SSSR count). The number of anilines is 1. The lowest BCUT2D eigenvalue weighted by atomic mass is 9.88. The Kier molecular flexibility index (Phi) is 7.32. The van der Waals surface area contributed by atoms with Gasteiger partial charge in [-0.2, -0.15) is 0 Å². The van der Waals surface area contributed by atoms with Gasteiger partial charge in [0.15, 0.2) is 0 Å². The molecule has 0 aliphatic heterocycles. The quantitative estimate of drug-likeness (QED) is 0.739. The Hall–Kier alpha value is -1.56. The van der Waals surface area contributed by atoms with Gasteiger partial charge in [-0.05, 0) is 72.7 Å². The van der Waals surface area contributed by atoms with Gasteiger partial charge in [-0.15, -0.1) is 12.4 Å². The molecule has 0 unspecified atom stereocenters. The summed E-state index contributed by atoms with van der Waals surface area (Å²) in [6.45, 7) is 7.29. The molecule has 1 atom stereocenters. The maximum absolute atomic E-state index is 12.7. The second-order valence-corrected chi connectivity index (χ2v) is 8.99. The first kappa shape index (κ1) is 21.7. The summed E-state index contributed by atoms with van der Waals surface area (Å²) in [6, 6.07) is 13.5. The number of nitrogens with one attached hydrogen (secondary N) is 2. The molecule has 2 aromatic carbocycles. The van der Waals surface area contributed by atoms with Crippen LogP contribution < -0.4 is 10.0 Å². The Labute approximate surface area is 169 Å². The van der Waals surface area contributed by atoms with Crippen molar-refractivity contribution in [1.82, 2.24) is 5.32 Å². The molecule has 0 aromatic heterocycles. The van der Waals surface area contributed by atoms with Crippen LogP contribution in [0.4, 0.5) is 5.69 Å². The van der Waals surface area contributed by atoms with Crippen LogP contribution in [0, 0.1) is 0 Å². The van der Waals surface area contributed by atoms with Crippen LogP contribution in [0.1, 0.15) is 49.8 Å². The van der Waals surface area contributed by atoms with Gasteiger partial charge in [0.05, 0.1) is 4.90 Å². The molecule has 27 heavy (non-hydrogen) atoms. The highest BCUT2D eigenvalue weighted by atomic mass is 35.5. The van der Waals surface area contributed by atoms with Crippen LogP contribution in [0.15, 0.2) is 47.4 Å². The molecule has 2 aromatic rings. The van der Waals surface area contributed by atoms with E-state index in [-0.39, 0.29) is 12.4 Å². The van der Waals surface area contributed by atoms with E-state index in [1.807, 2.05) is 24.3 Å². The lowest BCUT2D eigenvalue weighted by Crippen LogP contribution is -2.34. The summed E-state index contributed by atoms with van der Waals surface area (Å²) in [6.07, 6.45) is 3.08. The second-order valence-electron chi connectivity index (χ2n) is 7.31. The standard InChI is InChI=1S/C21H28N2O2S.ClH/c1-4-22-19-9-5-18-14-20(10-6-17(18)13-19)23-26(24,25)21-11-7-16(8-12-21)15(2)3;/h6-8,10-12,14-15,19,22-23H,4-5,9,13H2,1-3H3;1H/t19-;/m0./s1. The highest BCUT2D eigenvalue weighted by Crippen LogP contribution is 2.26. The Bertz CT molecular complexity index is 864. The number of rotatable bonds is 6. The first-order valence-corrected chi connectivity index (χ1v) is 10.9. The molecular formula is C21H29ClN2O2S. The van der Waals surface area contributed by atoms with Crippen molar-refractivity contribution in [2.45, 2.75) is 56.9 Å². The van der Waals surface area contributed by atoms with Gasteiger partial charge in [-0.25, -0.2) is 8.42 Å². The van der Waals surface area contributed by atoms with Gasteiger partial charge in [0.1, 0.15) is 0 Å². The summed E-state index contributed by atoms with van der Waals surface area (Å²) < 4.78 is 28.1. The van der Waals surface area contributed by atoms with Crippen LogP contribution in [0.2, 0.25) is 0 Å². The Balaban J connectivity index is 0.00000261. The Morgan fingerprint density at radius 1 is 1.07 bits per heavy atom. The Morgan fingerprint density at radius 3 is 2.41 bits per heavy atom. The molecule has 0 amide bonds. The van der Waals surface area contributed by atoms with Crippen LogP contribution in [-0.2, 0) is 22.9 Å². The number of fused-ring (bicyclic) bond motifs is 1. The fourth-order valence-electron chi connectivity index (χ4n) is 3.53. The molecule has 0 saturated heterocycles. The zero-order chi connectivity index (χ0) is 18.7. The average Bonchev–Trinajstić information content (AvgIpc) is 2.62. The summed E-state index contributed by atoms with van der Waals surface area (Å²) in [5.74, 6) is 0.381. The molecule has 0 saturated carbocycles. The molecule has 6 heteroatoms. The summed E-state index contributed by atoms with van der Waals surface area (Å²) in [5.41, 5.74) is 4.33. The van der Waals surface area contributed by atoms with E-state index >= 15 is 0 Å². The third-order valence-corrected chi connectivity index (χ3v) is 6.43. The van der Waals surface area contributed by atoms with E-state index in [0.29, 0.717) is 22.5 Å². The molecule has 0 fully saturated rings. The largest absolute Gasteiger partial charge is 0.314 e. The monoisotopic (exact) mass is 408 g/mol. The molecule has 0 radical (unpaired) electrons. The minimum atomic E-state index is -3.56. The van der Waals surface area contributed by atoms with Crippen LogP contribution in [0.25, 0.3) is 0 Å². The number of benzene rings is 2. The maximum Gasteiger partial charge on any atom is 0.261 e. The van der Waals surface area contributed by atoms with Crippen molar-refractivity contribution in [3.63, 3.8) is 0 Å². The smallest absolute Gasteiger partial charge is 0.261 e. The zero-order valence-electron chi connectivity index (χ0n) is 16.2. The molecule has 1 aliphatic carbocycles. The summed E-state index contributed by atoms with van der Waals surface area (Å²) in [7, 11) is -3.56. The van der Waals surface area contributed by atoms with Crippen molar-refractivity contribution in [2.75, 3.05) is 11.3 Å². The van der Waals surface area contributed by atoms with Crippen molar-refractivity contribution in [3.05, 3.63) is 59.2 Å². The van der Waals surface area contributed by atoms with E-state index in [9.17, 15) is 8.42 Å². The van der Waals surface area contributed by atoms with Gasteiger partial charge >= 0.3 is 0 Å². The van der Waals surface area contributed by atoms with Gasteiger partial charge in [0.2, 0.25) is 0 Å². The van der Waals surface area contributed by atoms with Crippen molar-refractivity contribution in [3.8, 4) is 0 Å².